The minimum Gasteiger partial charge on any atom is -0.457 e. The first-order valence-electron chi connectivity index (χ1n) is 10.8. The number of benzene rings is 1. The quantitative estimate of drug-likeness (QED) is 0.549. The van der Waals surface area contributed by atoms with Crippen LogP contribution in [0.1, 0.15) is 22.3 Å². The smallest absolute Gasteiger partial charge is 0.417 e. The Balaban J connectivity index is 1.49. The summed E-state index contributed by atoms with van der Waals surface area (Å²) in [5.74, 6) is 0.809. The molecule has 0 atom stereocenters. The van der Waals surface area contributed by atoms with Crippen molar-refractivity contribution in [2.45, 2.75) is 26.1 Å². The van der Waals surface area contributed by atoms with Crippen LogP contribution in [0.5, 0.6) is 11.5 Å². The van der Waals surface area contributed by atoms with Crippen LogP contribution in [-0.4, -0.2) is 33.4 Å². The van der Waals surface area contributed by atoms with Gasteiger partial charge in [-0.1, -0.05) is 12.1 Å². The lowest BCUT2D eigenvalue weighted by atomic mass is 10.1. The number of carbonyl (C=O) groups is 2. The zero-order valence-corrected chi connectivity index (χ0v) is 19.6. The number of aromatic nitrogens is 2. The van der Waals surface area contributed by atoms with Crippen LogP contribution in [0.25, 0.3) is 0 Å². The molecular weight excluding hydrogens is 479 g/mol. The number of urea groups is 1. The summed E-state index contributed by atoms with van der Waals surface area (Å²) in [5, 5.41) is 4.96. The maximum atomic E-state index is 13.1. The van der Waals surface area contributed by atoms with Crippen LogP contribution in [0.2, 0.25) is 0 Å². The Morgan fingerprint density at radius 3 is 2.61 bits per heavy atom. The molecule has 1 aliphatic rings. The Morgan fingerprint density at radius 1 is 1.17 bits per heavy atom. The maximum absolute atomic E-state index is 13.1. The molecule has 0 fully saturated rings. The molecule has 0 aliphatic carbocycles. The van der Waals surface area contributed by atoms with E-state index >= 15 is 0 Å². The van der Waals surface area contributed by atoms with Crippen LogP contribution in [0.3, 0.4) is 0 Å². The van der Waals surface area contributed by atoms with Gasteiger partial charge in [0.05, 0.1) is 24.1 Å². The van der Waals surface area contributed by atoms with E-state index in [1.165, 1.54) is 18.1 Å². The molecule has 4 rings (SSSR count). The fraction of sp³-hybridized carbons (Fsp3) is 0.250. The highest BCUT2D eigenvalue weighted by molar-refractivity contribution is 5.92. The number of hydrogen-bond donors (Lipinski definition) is 2. The maximum Gasteiger partial charge on any atom is 0.417 e. The molecule has 0 saturated heterocycles. The first-order chi connectivity index (χ1) is 16.9. The highest BCUT2D eigenvalue weighted by Gasteiger charge is 2.32. The molecule has 0 unspecified atom stereocenters. The monoisotopic (exact) mass is 501 g/mol. The topological polar surface area (TPSA) is 106 Å². The lowest BCUT2D eigenvalue weighted by Crippen LogP contribution is -2.36. The number of carbonyl (C=O) groups excluding carboxylic acids is 2. The number of pyridine rings is 2. The number of hydrogen-bond acceptors (Lipinski definition) is 5. The zero-order chi connectivity index (χ0) is 26.2. The molecular formula is C24H22F3N5O4. The minimum atomic E-state index is -4.66. The molecule has 3 heterocycles. The number of halogens is 3. The molecule has 1 aliphatic heterocycles. The van der Waals surface area contributed by atoms with Gasteiger partial charge in [0.1, 0.15) is 23.0 Å². The number of amides is 3. The molecule has 0 radical (unpaired) electrons. The van der Waals surface area contributed by atoms with Crippen molar-refractivity contribution in [3.63, 3.8) is 0 Å². The van der Waals surface area contributed by atoms with Gasteiger partial charge in [0, 0.05) is 26.5 Å². The number of aryl methyl sites for hydroxylation is 2. The Hall–Kier alpha value is -4.35. The first kappa shape index (κ1) is 24.8. The van der Waals surface area contributed by atoms with E-state index in [0.29, 0.717) is 52.8 Å². The summed E-state index contributed by atoms with van der Waals surface area (Å²) in [7, 11) is 2.83. The molecule has 12 heteroatoms. The number of fused-ring (bicyclic) bond motifs is 1. The highest BCUT2D eigenvalue weighted by Crippen LogP contribution is 2.34. The van der Waals surface area contributed by atoms with Crippen molar-refractivity contribution in [3.05, 3.63) is 75.3 Å². The lowest BCUT2D eigenvalue weighted by molar-refractivity contribution is -0.138. The van der Waals surface area contributed by atoms with Gasteiger partial charge < -0.3 is 19.5 Å². The van der Waals surface area contributed by atoms with Crippen molar-refractivity contribution in [2.24, 2.45) is 7.05 Å². The van der Waals surface area contributed by atoms with Gasteiger partial charge in [-0.2, -0.15) is 13.2 Å². The minimum absolute atomic E-state index is 0.165. The molecule has 0 bridgehead atoms. The second-order valence-corrected chi connectivity index (χ2v) is 8.41. The number of alkyl halides is 3. The van der Waals surface area contributed by atoms with Crippen molar-refractivity contribution in [1.29, 1.82) is 0 Å². The number of nitrogens with one attached hydrogen (secondary N) is 2. The summed E-state index contributed by atoms with van der Waals surface area (Å²) in [6.07, 6.45) is -2.63. The van der Waals surface area contributed by atoms with E-state index < -0.39 is 28.9 Å². The molecule has 36 heavy (non-hydrogen) atoms. The van der Waals surface area contributed by atoms with Gasteiger partial charge in [0.25, 0.3) is 5.56 Å². The van der Waals surface area contributed by atoms with Crippen LogP contribution in [0.4, 0.5) is 29.5 Å². The Kier molecular flexibility index (Phi) is 6.44. The van der Waals surface area contributed by atoms with Crippen LogP contribution >= 0.6 is 0 Å². The van der Waals surface area contributed by atoms with Gasteiger partial charge in [-0.05, 0) is 36.2 Å². The van der Waals surface area contributed by atoms with Crippen LogP contribution < -0.4 is 20.9 Å². The van der Waals surface area contributed by atoms with Crippen molar-refractivity contribution < 1.29 is 27.5 Å². The first-order valence-corrected chi connectivity index (χ1v) is 10.8. The van der Waals surface area contributed by atoms with E-state index in [0.717, 1.165) is 4.57 Å². The van der Waals surface area contributed by atoms with E-state index in [9.17, 15) is 27.6 Å². The third-order valence-corrected chi connectivity index (χ3v) is 5.59. The van der Waals surface area contributed by atoms with Crippen LogP contribution in [-0.2, 0) is 31.0 Å². The van der Waals surface area contributed by atoms with Gasteiger partial charge in [-0.25, -0.2) is 9.78 Å². The average molecular weight is 501 g/mol. The van der Waals surface area contributed by atoms with Gasteiger partial charge in [0.15, 0.2) is 0 Å². The predicted molar refractivity (Wildman–Crippen MR) is 125 cm³/mol. The lowest BCUT2D eigenvalue weighted by Gasteiger charge is -2.26. The number of anilines is 2. The summed E-state index contributed by atoms with van der Waals surface area (Å²) in [5.41, 5.74) is -0.252. The average Bonchev–Trinajstić information content (AvgIpc) is 2.79. The Bertz CT molecular complexity index is 1420. The molecule has 2 N–H and O–H groups in total. The molecule has 3 aromatic rings. The number of nitrogens with zero attached hydrogens (tertiary/aromatic N) is 3. The normalized spacial score (nSPS) is 13.2. The SMILES string of the molecule is Cc1cc(CC(=O)Nc2cc(C(F)(F)F)cn(C)c2=O)ccc1Oc1ccnc2c1CN(C)C(=O)N2. The molecule has 1 aromatic carbocycles. The van der Waals surface area contributed by atoms with Gasteiger partial charge in [-0.3, -0.25) is 14.9 Å². The Morgan fingerprint density at radius 2 is 1.92 bits per heavy atom. The molecule has 2 aromatic heterocycles. The molecule has 188 valence electrons. The fourth-order valence-corrected chi connectivity index (χ4v) is 3.73. The van der Waals surface area contributed by atoms with Crippen molar-refractivity contribution in [1.82, 2.24) is 14.5 Å². The predicted octanol–water partition coefficient (Wildman–Crippen LogP) is 4.06. The summed E-state index contributed by atoms with van der Waals surface area (Å²) in [6, 6.07) is 7.06. The molecule has 3 amide bonds. The zero-order valence-electron chi connectivity index (χ0n) is 19.6. The summed E-state index contributed by atoms with van der Waals surface area (Å²) < 4.78 is 46.0. The third-order valence-electron chi connectivity index (χ3n) is 5.59. The van der Waals surface area contributed by atoms with Gasteiger partial charge >= 0.3 is 12.2 Å². The van der Waals surface area contributed by atoms with E-state index in [-0.39, 0.29) is 12.5 Å². The standard InChI is InChI=1S/C24H22F3N5O4/c1-13-8-14(9-20(33)29-17-10-15(24(25,26)27)11-31(2)22(17)34)4-5-18(13)36-19-6-7-28-21-16(19)12-32(3)23(35)30-21/h4-8,10-11H,9,12H2,1-3H3,(H,29,33)(H,28,30,35). The van der Waals surface area contributed by atoms with Gasteiger partial charge in [0.2, 0.25) is 5.91 Å². The van der Waals surface area contributed by atoms with Gasteiger partial charge in [-0.15, -0.1) is 0 Å². The van der Waals surface area contributed by atoms with Crippen molar-refractivity contribution >= 4 is 23.4 Å². The molecule has 9 nitrogen and oxygen atoms in total. The summed E-state index contributed by atoms with van der Waals surface area (Å²) >= 11 is 0. The highest BCUT2D eigenvalue weighted by atomic mass is 19.4. The second kappa shape index (κ2) is 9.36. The van der Waals surface area contributed by atoms with E-state index in [1.54, 1.807) is 38.2 Å². The summed E-state index contributed by atoms with van der Waals surface area (Å²) in [6.45, 7) is 2.09. The second-order valence-electron chi connectivity index (χ2n) is 8.41. The number of rotatable bonds is 5. The van der Waals surface area contributed by atoms with E-state index in [1.807, 2.05) is 0 Å². The number of ether oxygens (including phenoxy) is 1. The van der Waals surface area contributed by atoms with E-state index in [4.69, 9.17) is 4.74 Å². The van der Waals surface area contributed by atoms with Crippen LogP contribution in [0, 0.1) is 6.92 Å². The van der Waals surface area contributed by atoms with E-state index in [2.05, 4.69) is 15.6 Å². The molecule has 0 spiro atoms. The molecule has 0 saturated carbocycles. The van der Waals surface area contributed by atoms with Crippen LogP contribution in [0.15, 0.2) is 47.5 Å². The fourth-order valence-electron chi connectivity index (χ4n) is 3.73. The van der Waals surface area contributed by atoms with Crippen molar-refractivity contribution in [2.75, 3.05) is 17.7 Å². The third kappa shape index (κ3) is 5.16. The largest absolute Gasteiger partial charge is 0.457 e. The van der Waals surface area contributed by atoms with Crippen molar-refractivity contribution in [3.8, 4) is 11.5 Å². The summed E-state index contributed by atoms with van der Waals surface area (Å²) in [4.78, 5) is 42.2. The Labute approximate surface area is 203 Å².